The predicted molar refractivity (Wildman–Crippen MR) is 44.4 cm³/mol. The molecule has 0 radical (unpaired) electrons. The van der Waals surface area contributed by atoms with Gasteiger partial charge in [-0.1, -0.05) is 6.92 Å². The van der Waals surface area contributed by atoms with E-state index in [0.717, 1.165) is 0 Å². The first-order chi connectivity index (χ1) is 6.06. The number of amides is 1. The van der Waals surface area contributed by atoms with Gasteiger partial charge in [-0.25, -0.2) is 8.78 Å². The first-order valence-electron chi connectivity index (χ1n) is 4.41. The largest absolute Gasteiger partial charge is 0.320 e. The molecule has 13 heavy (non-hydrogen) atoms. The van der Waals surface area contributed by atoms with Gasteiger partial charge in [0.1, 0.15) is 0 Å². The molecule has 0 spiro atoms. The Bertz CT molecular complexity index is 199. The maximum atomic E-state index is 12.1. The topological polar surface area (TPSA) is 32.3 Å². The van der Waals surface area contributed by atoms with Crippen molar-refractivity contribution in [3.8, 4) is 0 Å². The number of nitrogens with zero attached hydrogens (tertiary/aromatic N) is 1. The highest BCUT2D eigenvalue weighted by atomic mass is 19.3. The SMILES string of the molecule is CCC1NC(C)C(=O)N1CC(F)F. The molecule has 5 heteroatoms. The molecule has 1 aliphatic heterocycles. The Morgan fingerprint density at radius 3 is 2.69 bits per heavy atom. The zero-order valence-corrected chi connectivity index (χ0v) is 7.76. The van der Waals surface area contributed by atoms with Crippen molar-refractivity contribution in [3.05, 3.63) is 0 Å². The predicted octanol–water partition coefficient (Wildman–Crippen LogP) is 0.808. The van der Waals surface area contributed by atoms with Crippen LogP contribution in [0.4, 0.5) is 8.78 Å². The molecule has 0 aromatic rings. The maximum absolute atomic E-state index is 12.1. The van der Waals surface area contributed by atoms with Crippen LogP contribution in [0.15, 0.2) is 0 Å². The lowest BCUT2D eigenvalue weighted by molar-refractivity contribution is -0.131. The number of hydrogen-bond donors (Lipinski definition) is 1. The normalized spacial score (nSPS) is 29.0. The summed E-state index contributed by atoms with van der Waals surface area (Å²) in [7, 11) is 0. The smallest absolute Gasteiger partial charge is 0.255 e. The van der Waals surface area contributed by atoms with Crippen molar-refractivity contribution >= 4 is 5.91 Å². The third kappa shape index (κ3) is 2.15. The van der Waals surface area contributed by atoms with Gasteiger partial charge in [-0.3, -0.25) is 10.1 Å². The van der Waals surface area contributed by atoms with Crippen molar-refractivity contribution in [3.63, 3.8) is 0 Å². The molecule has 0 saturated carbocycles. The maximum Gasteiger partial charge on any atom is 0.255 e. The lowest BCUT2D eigenvalue weighted by Crippen LogP contribution is -2.39. The van der Waals surface area contributed by atoms with E-state index in [4.69, 9.17) is 0 Å². The van der Waals surface area contributed by atoms with E-state index in [9.17, 15) is 13.6 Å². The number of carbonyl (C=O) groups excluding carboxylic acids is 1. The zero-order chi connectivity index (χ0) is 10.0. The highest BCUT2D eigenvalue weighted by molar-refractivity contribution is 5.83. The fourth-order valence-corrected chi connectivity index (χ4v) is 1.56. The first-order valence-corrected chi connectivity index (χ1v) is 4.41. The van der Waals surface area contributed by atoms with E-state index in [1.165, 1.54) is 4.90 Å². The second-order valence-electron chi connectivity index (χ2n) is 3.19. The molecule has 76 valence electrons. The summed E-state index contributed by atoms with van der Waals surface area (Å²) < 4.78 is 24.2. The van der Waals surface area contributed by atoms with Gasteiger partial charge in [0, 0.05) is 0 Å². The van der Waals surface area contributed by atoms with Gasteiger partial charge in [-0.15, -0.1) is 0 Å². The monoisotopic (exact) mass is 192 g/mol. The molecule has 1 amide bonds. The Morgan fingerprint density at radius 1 is 1.62 bits per heavy atom. The minimum Gasteiger partial charge on any atom is -0.320 e. The standard InChI is InChI=1S/C8H14F2N2O/c1-3-7-11-5(2)8(13)12(7)4-6(9)10/h5-7,11H,3-4H2,1-2H3. The molecule has 0 aliphatic carbocycles. The summed E-state index contributed by atoms with van der Waals surface area (Å²) in [6.07, 6.45) is -2.02. The van der Waals surface area contributed by atoms with Gasteiger partial charge in [-0.05, 0) is 13.3 Å². The molecule has 2 atom stereocenters. The van der Waals surface area contributed by atoms with Crippen LogP contribution in [-0.2, 0) is 4.79 Å². The lowest BCUT2D eigenvalue weighted by atomic mass is 10.3. The van der Waals surface area contributed by atoms with Gasteiger partial charge in [0.2, 0.25) is 5.91 Å². The Kier molecular flexibility index (Phi) is 3.19. The molecule has 1 N–H and O–H groups in total. The van der Waals surface area contributed by atoms with Crippen LogP contribution in [0.2, 0.25) is 0 Å². The number of carbonyl (C=O) groups is 1. The third-order valence-corrected chi connectivity index (χ3v) is 2.19. The van der Waals surface area contributed by atoms with Gasteiger partial charge in [0.05, 0.1) is 18.8 Å². The van der Waals surface area contributed by atoms with Gasteiger partial charge in [0.25, 0.3) is 6.43 Å². The van der Waals surface area contributed by atoms with Gasteiger partial charge < -0.3 is 4.90 Å². The fourth-order valence-electron chi connectivity index (χ4n) is 1.56. The van der Waals surface area contributed by atoms with E-state index < -0.39 is 13.0 Å². The van der Waals surface area contributed by atoms with Crippen molar-refractivity contribution in [2.45, 2.75) is 38.9 Å². The van der Waals surface area contributed by atoms with Crippen molar-refractivity contribution in [2.75, 3.05) is 6.54 Å². The van der Waals surface area contributed by atoms with Crippen LogP contribution < -0.4 is 5.32 Å². The van der Waals surface area contributed by atoms with Crippen LogP contribution in [0.25, 0.3) is 0 Å². The van der Waals surface area contributed by atoms with E-state index in [1.807, 2.05) is 6.92 Å². The summed E-state index contributed by atoms with van der Waals surface area (Å²) in [4.78, 5) is 12.6. The number of hydrogen-bond acceptors (Lipinski definition) is 2. The fraction of sp³-hybridized carbons (Fsp3) is 0.875. The summed E-state index contributed by atoms with van der Waals surface area (Å²) in [5.41, 5.74) is 0. The second-order valence-corrected chi connectivity index (χ2v) is 3.19. The number of alkyl halides is 2. The minimum atomic E-state index is -2.45. The second kappa shape index (κ2) is 4.00. The van der Waals surface area contributed by atoms with Crippen LogP contribution in [-0.4, -0.2) is 36.0 Å². The molecular weight excluding hydrogens is 178 g/mol. The number of halogens is 2. The first kappa shape index (κ1) is 10.4. The molecule has 2 unspecified atom stereocenters. The number of nitrogens with one attached hydrogen (secondary N) is 1. The van der Waals surface area contributed by atoms with Crippen molar-refractivity contribution in [1.29, 1.82) is 0 Å². The van der Waals surface area contributed by atoms with E-state index >= 15 is 0 Å². The molecule has 1 saturated heterocycles. The minimum absolute atomic E-state index is 0.225. The molecule has 1 aliphatic rings. The molecule has 0 aromatic carbocycles. The molecule has 1 fully saturated rings. The van der Waals surface area contributed by atoms with Crippen molar-refractivity contribution in [1.82, 2.24) is 10.2 Å². The van der Waals surface area contributed by atoms with E-state index in [1.54, 1.807) is 6.92 Å². The van der Waals surface area contributed by atoms with E-state index in [2.05, 4.69) is 5.32 Å². The van der Waals surface area contributed by atoms with Crippen LogP contribution in [0, 0.1) is 0 Å². The summed E-state index contributed by atoms with van der Waals surface area (Å²) in [5.74, 6) is -0.229. The molecule has 0 aromatic heterocycles. The van der Waals surface area contributed by atoms with Crippen LogP contribution in [0.5, 0.6) is 0 Å². The summed E-state index contributed by atoms with van der Waals surface area (Å²) >= 11 is 0. The highest BCUT2D eigenvalue weighted by Crippen LogP contribution is 2.14. The Labute approximate surface area is 76.1 Å². The molecule has 1 rings (SSSR count). The van der Waals surface area contributed by atoms with Crippen LogP contribution in [0.3, 0.4) is 0 Å². The summed E-state index contributed by atoms with van der Waals surface area (Å²) in [6, 6.07) is -0.330. The van der Waals surface area contributed by atoms with Gasteiger partial charge >= 0.3 is 0 Å². The average Bonchev–Trinajstić information content (AvgIpc) is 2.31. The van der Waals surface area contributed by atoms with E-state index in [0.29, 0.717) is 6.42 Å². The summed E-state index contributed by atoms with van der Waals surface area (Å²) in [5, 5.41) is 2.95. The lowest BCUT2D eigenvalue weighted by Gasteiger charge is -2.22. The molecule has 3 nitrogen and oxygen atoms in total. The average molecular weight is 192 g/mol. The molecule has 1 heterocycles. The Hall–Kier alpha value is -0.710. The van der Waals surface area contributed by atoms with Crippen molar-refractivity contribution in [2.24, 2.45) is 0 Å². The van der Waals surface area contributed by atoms with Gasteiger partial charge in [0.15, 0.2) is 0 Å². The zero-order valence-electron chi connectivity index (χ0n) is 7.76. The number of rotatable bonds is 3. The van der Waals surface area contributed by atoms with Crippen LogP contribution >= 0.6 is 0 Å². The quantitative estimate of drug-likeness (QED) is 0.717. The van der Waals surface area contributed by atoms with Gasteiger partial charge in [-0.2, -0.15) is 0 Å². The third-order valence-electron chi connectivity index (χ3n) is 2.19. The van der Waals surface area contributed by atoms with Crippen LogP contribution in [0.1, 0.15) is 20.3 Å². The molecular formula is C8H14F2N2O. The Morgan fingerprint density at radius 2 is 2.23 bits per heavy atom. The molecule has 0 bridgehead atoms. The summed E-state index contributed by atoms with van der Waals surface area (Å²) in [6.45, 7) is 3.09. The highest BCUT2D eigenvalue weighted by Gasteiger charge is 2.36. The Balaban J connectivity index is 2.62. The van der Waals surface area contributed by atoms with E-state index in [-0.39, 0.29) is 18.1 Å². The van der Waals surface area contributed by atoms with Crippen molar-refractivity contribution < 1.29 is 13.6 Å².